The molecule has 0 heterocycles. The lowest BCUT2D eigenvalue weighted by molar-refractivity contribution is 0.441. The number of hydrogen-bond acceptors (Lipinski definition) is 1. The van der Waals surface area contributed by atoms with Gasteiger partial charge in [0.25, 0.3) is 0 Å². The maximum absolute atomic E-state index is 5.87. The Bertz CT molecular complexity index is 301. The van der Waals surface area contributed by atoms with Gasteiger partial charge in [-0.1, -0.05) is 51.4 Å². The van der Waals surface area contributed by atoms with Gasteiger partial charge in [-0.05, 0) is 17.7 Å². The third-order valence-corrected chi connectivity index (χ3v) is 2.83. The summed E-state index contributed by atoms with van der Waals surface area (Å²) in [5, 5.41) is 4.26. The molecule has 1 N–H and O–H groups in total. The van der Waals surface area contributed by atoms with E-state index in [-0.39, 0.29) is 5.41 Å². The summed E-state index contributed by atoms with van der Waals surface area (Å²) >= 11 is 5.87. The van der Waals surface area contributed by atoms with E-state index in [0.29, 0.717) is 6.04 Å². The van der Waals surface area contributed by atoms with Gasteiger partial charge in [-0.3, -0.25) is 0 Å². The van der Waals surface area contributed by atoms with Crippen molar-refractivity contribution in [2.24, 2.45) is 0 Å². The Kier molecular flexibility index (Phi) is 4.18. The van der Waals surface area contributed by atoms with Gasteiger partial charge >= 0.3 is 0 Å². The molecule has 15 heavy (non-hydrogen) atoms. The summed E-state index contributed by atoms with van der Waals surface area (Å²) in [5.41, 5.74) is 1.47. The Labute approximate surface area is 97.8 Å². The van der Waals surface area contributed by atoms with Crippen molar-refractivity contribution in [3.63, 3.8) is 0 Å². The van der Waals surface area contributed by atoms with Crippen LogP contribution in [0.5, 0.6) is 0 Å². The van der Waals surface area contributed by atoms with Crippen LogP contribution in [0.4, 0.5) is 0 Å². The Morgan fingerprint density at radius 2 is 1.73 bits per heavy atom. The smallest absolute Gasteiger partial charge is 0.0406 e. The highest BCUT2D eigenvalue weighted by Gasteiger charge is 2.20. The number of nitrogens with one attached hydrogen (secondary N) is 1. The van der Waals surface area contributed by atoms with Crippen LogP contribution in [0.3, 0.4) is 0 Å². The van der Waals surface area contributed by atoms with Crippen LogP contribution in [0.15, 0.2) is 24.3 Å². The summed E-state index contributed by atoms with van der Waals surface area (Å²) in [5.74, 6) is 0. The van der Waals surface area contributed by atoms with Crippen LogP contribution >= 0.6 is 11.6 Å². The molecule has 0 aliphatic heterocycles. The molecule has 0 aromatic heterocycles. The summed E-state index contributed by atoms with van der Waals surface area (Å²) in [6.07, 6.45) is 0. The molecule has 1 rings (SSSR count). The maximum atomic E-state index is 5.87. The minimum Gasteiger partial charge on any atom is -0.314 e. The van der Waals surface area contributed by atoms with E-state index in [9.17, 15) is 0 Å². The lowest BCUT2D eigenvalue weighted by atomic mass is 9.84. The van der Waals surface area contributed by atoms with Gasteiger partial charge < -0.3 is 5.32 Å². The lowest BCUT2D eigenvalue weighted by Crippen LogP contribution is -2.36. The second-order valence-electron chi connectivity index (χ2n) is 4.93. The van der Waals surface area contributed by atoms with Crippen LogP contribution in [-0.4, -0.2) is 12.6 Å². The molecule has 0 bridgehead atoms. The summed E-state index contributed by atoms with van der Waals surface area (Å²) in [7, 11) is 0. The lowest BCUT2D eigenvalue weighted by Gasteiger charge is -2.27. The van der Waals surface area contributed by atoms with Crippen LogP contribution < -0.4 is 5.32 Å². The fourth-order valence-electron chi connectivity index (χ4n) is 1.46. The molecule has 84 valence electrons. The SMILES string of the molecule is CC(C)NCC(C)(C)c1ccc(Cl)cc1. The zero-order valence-corrected chi connectivity index (χ0v) is 10.7. The van der Waals surface area contributed by atoms with Gasteiger partial charge in [0.2, 0.25) is 0 Å². The topological polar surface area (TPSA) is 12.0 Å². The summed E-state index contributed by atoms with van der Waals surface area (Å²) in [6.45, 7) is 9.79. The molecule has 0 aliphatic rings. The quantitative estimate of drug-likeness (QED) is 0.826. The van der Waals surface area contributed by atoms with E-state index in [1.54, 1.807) is 0 Å². The molecule has 0 saturated carbocycles. The maximum Gasteiger partial charge on any atom is 0.0406 e. The third kappa shape index (κ3) is 3.84. The fraction of sp³-hybridized carbons (Fsp3) is 0.538. The van der Waals surface area contributed by atoms with Crippen molar-refractivity contribution in [3.05, 3.63) is 34.9 Å². The van der Waals surface area contributed by atoms with Crippen molar-refractivity contribution in [2.45, 2.75) is 39.2 Å². The minimum atomic E-state index is 0.148. The molecule has 1 aromatic carbocycles. The van der Waals surface area contributed by atoms with Crippen molar-refractivity contribution >= 4 is 11.6 Å². The van der Waals surface area contributed by atoms with E-state index in [1.165, 1.54) is 5.56 Å². The predicted molar refractivity (Wildman–Crippen MR) is 67.6 cm³/mol. The number of rotatable bonds is 4. The number of halogens is 1. The van der Waals surface area contributed by atoms with Crippen molar-refractivity contribution in [1.82, 2.24) is 5.32 Å². The summed E-state index contributed by atoms with van der Waals surface area (Å²) in [6, 6.07) is 8.63. The van der Waals surface area contributed by atoms with Crippen LogP contribution in [0.1, 0.15) is 33.3 Å². The monoisotopic (exact) mass is 225 g/mol. The molecule has 1 nitrogen and oxygen atoms in total. The molecule has 0 unspecified atom stereocenters. The molecule has 0 aliphatic carbocycles. The van der Waals surface area contributed by atoms with Crippen molar-refractivity contribution in [1.29, 1.82) is 0 Å². The third-order valence-electron chi connectivity index (χ3n) is 2.58. The van der Waals surface area contributed by atoms with Crippen LogP contribution in [0.25, 0.3) is 0 Å². The van der Waals surface area contributed by atoms with E-state index < -0.39 is 0 Å². The Hall–Kier alpha value is -0.530. The zero-order chi connectivity index (χ0) is 11.5. The molecule has 0 saturated heterocycles. The van der Waals surface area contributed by atoms with Gasteiger partial charge in [0.1, 0.15) is 0 Å². The molecular formula is C13H20ClN. The standard InChI is InChI=1S/C13H20ClN/c1-10(2)15-9-13(3,4)11-5-7-12(14)8-6-11/h5-8,10,15H,9H2,1-4H3. The van der Waals surface area contributed by atoms with Crippen molar-refractivity contribution in [3.8, 4) is 0 Å². The largest absolute Gasteiger partial charge is 0.314 e. The molecule has 0 fully saturated rings. The highest BCUT2D eigenvalue weighted by atomic mass is 35.5. The van der Waals surface area contributed by atoms with E-state index in [1.807, 2.05) is 12.1 Å². The van der Waals surface area contributed by atoms with E-state index in [4.69, 9.17) is 11.6 Å². The molecular weight excluding hydrogens is 206 g/mol. The predicted octanol–water partition coefficient (Wildman–Crippen LogP) is 3.62. The Morgan fingerprint density at radius 1 is 1.20 bits per heavy atom. The first kappa shape index (κ1) is 12.5. The molecule has 0 amide bonds. The van der Waals surface area contributed by atoms with E-state index in [0.717, 1.165) is 11.6 Å². The highest BCUT2D eigenvalue weighted by molar-refractivity contribution is 6.30. The fourth-order valence-corrected chi connectivity index (χ4v) is 1.59. The Balaban J connectivity index is 2.72. The average molecular weight is 226 g/mol. The summed E-state index contributed by atoms with van der Waals surface area (Å²) in [4.78, 5) is 0. The van der Waals surface area contributed by atoms with Gasteiger partial charge in [0.15, 0.2) is 0 Å². The second kappa shape index (κ2) is 5.00. The van der Waals surface area contributed by atoms with E-state index >= 15 is 0 Å². The number of hydrogen-bond donors (Lipinski definition) is 1. The first-order chi connectivity index (χ1) is 6.92. The second-order valence-corrected chi connectivity index (χ2v) is 5.36. The molecule has 2 heteroatoms. The molecule has 0 atom stereocenters. The van der Waals surface area contributed by atoms with Crippen molar-refractivity contribution < 1.29 is 0 Å². The van der Waals surface area contributed by atoms with Gasteiger partial charge in [-0.2, -0.15) is 0 Å². The first-order valence-corrected chi connectivity index (χ1v) is 5.79. The first-order valence-electron chi connectivity index (χ1n) is 5.41. The van der Waals surface area contributed by atoms with Crippen molar-refractivity contribution in [2.75, 3.05) is 6.54 Å². The molecule has 0 radical (unpaired) electrons. The zero-order valence-electron chi connectivity index (χ0n) is 9.97. The minimum absolute atomic E-state index is 0.148. The Morgan fingerprint density at radius 3 is 2.20 bits per heavy atom. The highest BCUT2D eigenvalue weighted by Crippen LogP contribution is 2.23. The molecule has 1 aromatic rings. The van der Waals surface area contributed by atoms with Gasteiger partial charge in [-0.15, -0.1) is 0 Å². The molecule has 0 spiro atoms. The normalized spacial score (nSPS) is 12.1. The van der Waals surface area contributed by atoms with Crippen LogP contribution in [0.2, 0.25) is 5.02 Å². The van der Waals surface area contributed by atoms with Gasteiger partial charge in [-0.25, -0.2) is 0 Å². The van der Waals surface area contributed by atoms with Gasteiger partial charge in [0, 0.05) is 23.0 Å². The average Bonchev–Trinajstić information content (AvgIpc) is 2.16. The number of benzene rings is 1. The summed E-state index contributed by atoms with van der Waals surface area (Å²) < 4.78 is 0. The van der Waals surface area contributed by atoms with Crippen LogP contribution in [-0.2, 0) is 5.41 Å². The van der Waals surface area contributed by atoms with Gasteiger partial charge in [0.05, 0.1) is 0 Å². The van der Waals surface area contributed by atoms with Crippen LogP contribution in [0, 0.1) is 0 Å². The van der Waals surface area contributed by atoms with E-state index in [2.05, 4.69) is 45.1 Å².